The summed E-state index contributed by atoms with van der Waals surface area (Å²) in [6.07, 6.45) is -0.899. The van der Waals surface area contributed by atoms with E-state index >= 15 is 0 Å². The zero-order chi connectivity index (χ0) is 14.1. The summed E-state index contributed by atoms with van der Waals surface area (Å²) in [5, 5.41) is 10.7. The molecule has 1 aliphatic carbocycles. The lowest BCUT2D eigenvalue weighted by Crippen LogP contribution is -2.34. The molecule has 1 nitrogen and oxygen atoms in total. The van der Waals surface area contributed by atoms with Crippen molar-refractivity contribution in [2.75, 3.05) is 0 Å². The van der Waals surface area contributed by atoms with Crippen LogP contribution in [0.4, 0.5) is 13.2 Å². The second-order valence-corrected chi connectivity index (χ2v) is 5.45. The van der Waals surface area contributed by atoms with Crippen molar-refractivity contribution in [3.05, 3.63) is 35.4 Å². The summed E-state index contributed by atoms with van der Waals surface area (Å²) in [7, 11) is 0. The second kappa shape index (κ2) is 5.16. The molecule has 2 rings (SSSR count). The minimum atomic E-state index is -4.41. The number of aliphatic hydroxyl groups is 1. The Morgan fingerprint density at radius 2 is 2.00 bits per heavy atom. The molecule has 0 aromatic heterocycles. The van der Waals surface area contributed by atoms with Crippen molar-refractivity contribution in [1.29, 1.82) is 0 Å². The summed E-state index contributed by atoms with van der Waals surface area (Å²) in [5.41, 5.74) is -1.99. The lowest BCUT2D eigenvalue weighted by atomic mass is 9.72. The molecular formula is C15H19F3O. The van der Waals surface area contributed by atoms with Crippen LogP contribution in [0.15, 0.2) is 24.3 Å². The van der Waals surface area contributed by atoms with Crippen molar-refractivity contribution in [1.82, 2.24) is 0 Å². The summed E-state index contributed by atoms with van der Waals surface area (Å²) in [6, 6.07) is 5.41. The maximum Gasteiger partial charge on any atom is 0.416 e. The molecule has 0 radical (unpaired) electrons. The smallest absolute Gasteiger partial charge is 0.385 e. The highest BCUT2D eigenvalue weighted by atomic mass is 19.4. The van der Waals surface area contributed by atoms with Crippen LogP contribution in [0.5, 0.6) is 0 Å². The minimum Gasteiger partial charge on any atom is -0.385 e. The average molecular weight is 272 g/mol. The first-order valence-electron chi connectivity index (χ1n) is 6.76. The van der Waals surface area contributed by atoms with E-state index in [2.05, 4.69) is 0 Å². The third kappa shape index (κ3) is 2.94. The van der Waals surface area contributed by atoms with Gasteiger partial charge in [0, 0.05) is 0 Å². The van der Waals surface area contributed by atoms with Crippen molar-refractivity contribution >= 4 is 0 Å². The van der Waals surface area contributed by atoms with Gasteiger partial charge in [0.25, 0.3) is 0 Å². The molecule has 0 bridgehead atoms. The predicted octanol–water partition coefficient (Wildman–Crippen LogP) is 4.49. The molecule has 1 N–H and O–H groups in total. The van der Waals surface area contributed by atoms with Crippen LogP contribution in [-0.2, 0) is 11.8 Å². The first-order valence-corrected chi connectivity index (χ1v) is 6.76. The standard InChI is InChI=1S/C15H19F3O/c1-2-11-6-5-9-14(19,10-11)12-7-3-4-8-13(12)15(16,17)18/h3-4,7-8,11,19H,2,5-6,9-10H2,1H3. The third-order valence-corrected chi connectivity index (χ3v) is 4.14. The Bertz CT molecular complexity index is 441. The van der Waals surface area contributed by atoms with E-state index in [9.17, 15) is 18.3 Å². The van der Waals surface area contributed by atoms with Crippen molar-refractivity contribution in [3.63, 3.8) is 0 Å². The van der Waals surface area contributed by atoms with Crippen LogP contribution in [0.1, 0.15) is 50.2 Å². The van der Waals surface area contributed by atoms with Crippen LogP contribution in [0.25, 0.3) is 0 Å². The molecule has 1 saturated carbocycles. The van der Waals surface area contributed by atoms with Crippen molar-refractivity contribution < 1.29 is 18.3 Å². The zero-order valence-corrected chi connectivity index (χ0v) is 11.0. The van der Waals surface area contributed by atoms with Gasteiger partial charge >= 0.3 is 6.18 Å². The Hall–Kier alpha value is -1.03. The summed E-state index contributed by atoms with van der Waals surface area (Å²) in [5.74, 6) is 0.306. The maximum atomic E-state index is 13.0. The highest BCUT2D eigenvalue weighted by Crippen LogP contribution is 2.45. The van der Waals surface area contributed by atoms with Crippen LogP contribution < -0.4 is 0 Å². The van der Waals surface area contributed by atoms with E-state index in [-0.39, 0.29) is 5.56 Å². The fourth-order valence-electron chi connectivity index (χ4n) is 3.09. The van der Waals surface area contributed by atoms with Crippen molar-refractivity contribution in [2.24, 2.45) is 5.92 Å². The maximum absolute atomic E-state index is 13.0. The topological polar surface area (TPSA) is 20.2 Å². The monoisotopic (exact) mass is 272 g/mol. The lowest BCUT2D eigenvalue weighted by Gasteiger charge is -2.38. The van der Waals surface area contributed by atoms with Gasteiger partial charge in [-0.2, -0.15) is 13.2 Å². The highest BCUT2D eigenvalue weighted by Gasteiger charge is 2.42. The Kier molecular flexibility index (Phi) is 3.90. The molecule has 0 heterocycles. The summed E-state index contributed by atoms with van der Waals surface area (Å²) >= 11 is 0. The minimum absolute atomic E-state index is 0.0423. The van der Waals surface area contributed by atoms with Crippen LogP contribution in [-0.4, -0.2) is 5.11 Å². The molecule has 106 valence electrons. The van der Waals surface area contributed by atoms with E-state index in [1.807, 2.05) is 6.92 Å². The van der Waals surface area contributed by atoms with Crippen LogP contribution in [0.2, 0.25) is 0 Å². The van der Waals surface area contributed by atoms with Crippen molar-refractivity contribution in [2.45, 2.75) is 50.8 Å². The van der Waals surface area contributed by atoms with E-state index < -0.39 is 17.3 Å². The quantitative estimate of drug-likeness (QED) is 0.840. The van der Waals surface area contributed by atoms with Gasteiger partial charge in [-0.05, 0) is 36.8 Å². The van der Waals surface area contributed by atoms with E-state index in [0.717, 1.165) is 25.3 Å². The van der Waals surface area contributed by atoms with Gasteiger partial charge < -0.3 is 5.11 Å². The summed E-state index contributed by atoms with van der Waals surface area (Å²) < 4.78 is 39.1. The van der Waals surface area contributed by atoms with Gasteiger partial charge in [0.2, 0.25) is 0 Å². The van der Waals surface area contributed by atoms with E-state index in [1.165, 1.54) is 12.1 Å². The summed E-state index contributed by atoms with van der Waals surface area (Å²) in [4.78, 5) is 0. The molecule has 0 aliphatic heterocycles. The van der Waals surface area contributed by atoms with E-state index in [1.54, 1.807) is 6.07 Å². The fourth-order valence-corrected chi connectivity index (χ4v) is 3.09. The molecule has 2 atom stereocenters. The molecule has 1 aromatic rings. The Morgan fingerprint density at radius 1 is 1.32 bits per heavy atom. The van der Waals surface area contributed by atoms with E-state index in [0.29, 0.717) is 18.8 Å². The van der Waals surface area contributed by atoms with Gasteiger partial charge in [0.1, 0.15) is 0 Å². The first-order chi connectivity index (χ1) is 8.87. The molecule has 1 aliphatic rings. The van der Waals surface area contributed by atoms with Crippen LogP contribution in [0, 0.1) is 5.92 Å². The zero-order valence-electron chi connectivity index (χ0n) is 11.0. The molecule has 0 spiro atoms. The molecular weight excluding hydrogens is 253 g/mol. The number of rotatable bonds is 2. The largest absolute Gasteiger partial charge is 0.416 e. The first kappa shape index (κ1) is 14.4. The molecule has 1 aromatic carbocycles. The van der Waals surface area contributed by atoms with Crippen molar-refractivity contribution in [3.8, 4) is 0 Å². The van der Waals surface area contributed by atoms with Crippen LogP contribution >= 0.6 is 0 Å². The summed E-state index contributed by atoms with van der Waals surface area (Å²) in [6.45, 7) is 2.02. The third-order valence-electron chi connectivity index (χ3n) is 4.14. The van der Waals surface area contributed by atoms with Crippen LogP contribution in [0.3, 0.4) is 0 Å². The lowest BCUT2D eigenvalue weighted by molar-refractivity contribution is -0.142. The van der Waals surface area contributed by atoms with Gasteiger partial charge in [-0.25, -0.2) is 0 Å². The molecule has 19 heavy (non-hydrogen) atoms. The Morgan fingerprint density at radius 3 is 2.63 bits per heavy atom. The average Bonchev–Trinajstić information content (AvgIpc) is 2.38. The highest BCUT2D eigenvalue weighted by molar-refractivity contribution is 5.35. The fraction of sp³-hybridized carbons (Fsp3) is 0.600. The van der Waals surface area contributed by atoms with E-state index in [4.69, 9.17) is 0 Å². The van der Waals surface area contributed by atoms with Gasteiger partial charge in [-0.1, -0.05) is 38.0 Å². The number of hydrogen-bond donors (Lipinski definition) is 1. The Labute approximate surface area is 111 Å². The molecule has 2 unspecified atom stereocenters. The Balaban J connectivity index is 2.40. The van der Waals surface area contributed by atoms with Gasteiger partial charge in [0.05, 0.1) is 11.2 Å². The van der Waals surface area contributed by atoms with Gasteiger partial charge in [-0.3, -0.25) is 0 Å². The number of alkyl halides is 3. The second-order valence-electron chi connectivity index (χ2n) is 5.45. The van der Waals surface area contributed by atoms with Gasteiger partial charge in [-0.15, -0.1) is 0 Å². The predicted molar refractivity (Wildman–Crippen MR) is 67.6 cm³/mol. The molecule has 0 saturated heterocycles. The molecule has 1 fully saturated rings. The molecule has 4 heteroatoms. The SMILES string of the molecule is CCC1CCCC(O)(c2ccccc2C(F)(F)F)C1. The van der Waals surface area contributed by atoms with Gasteiger partial charge in [0.15, 0.2) is 0 Å². The molecule has 0 amide bonds. The normalized spacial score (nSPS) is 28.4. The number of hydrogen-bond acceptors (Lipinski definition) is 1. The number of benzene rings is 1. The number of halogens is 3.